The Kier molecular flexibility index (Phi) is 5.71. The summed E-state index contributed by atoms with van der Waals surface area (Å²) in [5.74, 6) is 0.0629. The summed E-state index contributed by atoms with van der Waals surface area (Å²) in [6, 6.07) is 16.5. The van der Waals surface area contributed by atoms with Gasteiger partial charge in [-0.2, -0.15) is 0 Å². The summed E-state index contributed by atoms with van der Waals surface area (Å²) >= 11 is 0. The van der Waals surface area contributed by atoms with Crippen LogP contribution in [0.25, 0.3) is 0 Å². The van der Waals surface area contributed by atoms with Crippen molar-refractivity contribution in [2.75, 3.05) is 43.4 Å². The molecule has 25 heavy (non-hydrogen) atoms. The predicted octanol–water partition coefficient (Wildman–Crippen LogP) is 3.32. The molecule has 0 radical (unpaired) electrons. The maximum absolute atomic E-state index is 12.1. The highest BCUT2D eigenvalue weighted by Gasteiger charge is 2.14. The number of nitrogens with one attached hydrogen (secondary N) is 1. The smallest absolute Gasteiger partial charge is 0.224 e. The van der Waals surface area contributed by atoms with Gasteiger partial charge in [-0.15, -0.1) is 0 Å². The first kappa shape index (κ1) is 17.5. The molecule has 1 N–H and O–H groups in total. The summed E-state index contributed by atoms with van der Waals surface area (Å²) in [6.07, 6.45) is 1.27. The van der Waals surface area contributed by atoms with Crippen molar-refractivity contribution >= 4 is 17.3 Å². The molecule has 1 saturated heterocycles. The van der Waals surface area contributed by atoms with Crippen LogP contribution in [0.15, 0.2) is 48.5 Å². The van der Waals surface area contributed by atoms with Crippen LogP contribution in [0, 0.1) is 6.92 Å². The van der Waals surface area contributed by atoms with E-state index in [1.54, 1.807) is 0 Å². The number of likely N-dealkylation sites (N-methyl/N-ethyl adjacent to an activating group) is 1. The van der Waals surface area contributed by atoms with Crippen molar-refractivity contribution in [3.63, 3.8) is 0 Å². The van der Waals surface area contributed by atoms with E-state index in [0.29, 0.717) is 6.42 Å². The van der Waals surface area contributed by atoms with E-state index in [1.807, 2.05) is 12.1 Å². The monoisotopic (exact) mass is 337 g/mol. The molecule has 0 saturated carbocycles. The van der Waals surface area contributed by atoms with Gasteiger partial charge in [0.1, 0.15) is 0 Å². The predicted molar refractivity (Wildman–Crippen MR) is 104 cm³/mol. The van der Waals surface area contributed by atoms with Crippen LogP contribution in [0.5, 0.6) is 0 Å². The second kappa shape index (κ2) is 8.17. The Labute approximate surface area is 150 Å². The fourth-order valence-corrected chi connectivity index (χ4v) is 3.06. The largest absolute Gasteiger partial charge is 0.369 e. The molecule has 1 aliphatic rings. The van der Waals surface area contributed by atoms with Gasteiger partial charge < -0.3 is 15.1 Å². The lowest BCUT2D eigenvalue weighted by molar-refractivity contribution is -0.116. The number of rotatable bonds is 5. The van der Waals surface area contributed by atoms with E-state index in [4.69, 9.17) is 0 Å². The maximum Gasteiger partial charge on any atom is 0.224 e. The number of aryl methyl sites for hydroxylation is 2. The fourth-order valence-electron chi connectivity index (χ4n) is 3.06. The van der Waals surface area contributed by atoms with Gasteiger partial charge in [-0.3, -0.25) is 4.79 Å². The number of anilines is 2. The molecule has 0 aromatic heterocycles. The molecule has 1 aliphatic heterocycles. The first-order chi connectivity index (χ1) is 12.1. The molecule has 1 fully saturated rings. The minimum absolute atomic E-state index is 0.0629. The van der Waals surface area contributed by atoms with Gasteiger partial charge in [0.2, 0.25) is 5.91 Å². The van der Waals surface area contributed by atoms with Gasteiger partial charge in [-0.1, -0.05) is 29.8 Å². The zero-order valence-electron chi connectivity index (χ0n) is 15.2. The normalized spacial score (nSPS) is 15.2. The summed E-state index contributed by atoms with van der Waals surface area (Å²) in [6.45, 7) is 6.37. The molecule has 0 unspecified atom stereocenters. The van der Waals surface area contributed by atoms with E-state index in [2.05, 4.69) is 65.5 Å². The average molecular weight is 337 g/mol. The third kappa shape index (κ3) is 5.07. The van der Waals surface area contributed by atoms with Crippen LogP contribution in [0.3, 0.4) is 0 Å². The Morgan fingerprint density at radius 3 is 2.24 bits per heavy atom. The lowest BCUT2D eigenvalue weighted by Crippen LogP contribution is -2.44. The lowest BCUT2D eigenvalue weighted by atomic mass is 10.1. The van der Waals surface area contributed by atoms with Crippen molar-refractivity contribution in [2.45, 2.75) is 19.8 Å². The van der Waals surface area contributed by atoms with Crippen LogP contribution in [0.1, 0.15) is 17.5 Å². The van der Waals surface area contributed by atoms with E-state index >= 15 is 0 Å². The van der Waals surface area contributed by atoms with Crippen LogP contribution in [-0.2, 0) is 11.2 Å². The highest BCUT2D eigenvalue weighted by Crippen LogP contribution is 2.19. The molecule has 0 spiro atoms. The first-order valence-corrected chi connectivity index (χ1v) is 8.99. The molecule has 2 aromatic rings. The first-order valence-electron chi connectivity index (χ1n) is 8.99. The minimum atomic E-state index is 0.0629. The van der Waals surface area contributed by atoms with Crippen molar-refractivity contribution in [1.82, 2.24) is 4.90 Å². The maximum atomic E-state index is 12.1. The fraction of sp³-hybridized carbons (Fsp3) is 0.381. The summed E-state index contributed by atoms with van der Waals surface area (Å²) in [5, 5.41) is 3.00. The van der Waals surface area contributed by atoms with E-state index in [9.17, 15) is 4.79 Å². The van der Waals surface area contributed by atoms with Crippen LogP contribution in [0.2, 0.25) is 0 Å². The van der Waals surface area contributed by atoms with Crippen LogP contribution in [0.4, 0.5) is 11.4 Å². The SMILES string of the molecule is Cc1ccc(CCC(=O)Nc2ccc(N3CCN(C)CC3)cc2)cc1. The van der Waals surface area contributed by atoms with Gasteiger partial charge >= 0.3 is 0 Å². The highest BCUT2D eigenvalue weighted by molar-refractivity contribution is 5.91. The molecule has 3 rings (SSSR count). The average Bonchev–Trinajstić information content (AvgIpc) is 2.63. The molecule has 132 valence electrons. The Morgan fingerprint density at radius 1 is 0.960 bits per heavy atom. The van der Waals surface area contributed by atoms with Crippen LogP contribution < -0.4 is 10.2 Å². The Bertz CT molecular complexity index is 686. The van der Waals surface area contributed by atoms with E-state index in [-0.39, 0.29) is 5.91 Å². The molecule has 4 nitrogen and oxygen atoms in total. The number of hydrogen-bond acceptors (Lipinski definition) is 3. The number of nitrogens with zero attached hydrogens (tertiary/aromatic N) is 2. The van der Waals surface area contributed by atoms with Gasteiger partial charge in [-0.05, 0) is 50.2 Å². The lowest BCUT2D eigenvalue weighted by Gasteiger charge is -2.34. The Hall–Kier alpha value is -2.33. The standard InChI is InChI=1S/C21H27N3O/c1-17-3-5-18(6-4-17)7-12-21(25)22-19-8-10-20(11-9-19)24-15-13-23(2)14-16-24/h3-6,8-11H,7,12-16H2,1-2H3,(H,22,25). The second-order valence-corrected chi connectivity index (χ2v) is 6.87. The van der Waals surface area contributed by atoms with Crippen molar-refractivity contribution in [3.8, 4) is 0 Å². The quantitative estimate of drug-likeness (QED) is 0.909. The van der Waals surface area contributed by atoms with Crippen molar-refractivity contribution in [2.24, 2.45) is 0 Å². The number of piperazine rings is 1. The van der Waals surface area contributed by atoms with E-state index in [0.717, 1.165) is 38.3 Å². The third-order valence-corrected chi connectivity index (χ3v) is 4.78. The molecule has 0 atom stereocenters. The zero-order chi connectivity index (χ0) is 17.6. The molecule has 2 aromatic carbocycles. The summed E-state index contributed by atoms with van der Waals surface area (Å²) < 4.78 is 0. The van der Waals surface area contributed by atoms with Gasteiger partial charge in [-0.25, -0.2) is 0 Å². The van der Waals surface area contributed by atoms with Gasteiger partial charge in [0.25, 0.3) is 0 Å². The van der Waals surface area contributed by atoms with Gasteiger partial charge in [0.05, 0.1) is 0 Å². The van der Waals surface area contributed by atoms with Crippen molar-refractivity contribution < 1.29 is 4.79 Å². The number of carbonyl (C=O) groups excluding carboxylic acids is 1. The molecule has 0 bridgehead atoms. The number of carbonyl (C=O) groups is 1. The van der Waals surface area contributed by atoms with Gasteiger partial charge in [0.15, 0.2) is 0 Å². The van der Waals surface area contributed by atoms with E-state index in [1.165, 1.54) is 16.8 Å². The van der Waals surface area contributed by atoms with Crippen molar-refractivity contribution in [3.05, 3.63) is 59.7 Å². The summed E-state index contributed by atoms with van der Waals surface area (Å²) in [4.78, 5) is 16.9. The summed E-state index contributed by atoms with van der Waals surface area (Å²) in [5.41, 5.74) is 4.54. The van der Waals surface area contributed by atoms with E-state index < -0.39 is 0 Å². The number of amides is 1. The van der Waals surface area contributed by atoms with Crippen LogP contribution >= 0.6 is 0 Å². The summed E-state index contributed by atoms with van der Waals surface area (Å²) in [7, 11) is 2.16. The Balaban J connectivity index is 1.49. The highest BCUT2D eigenvalue weighted by atomic mass is 16.1. The molecular weight excluding hydrogens is 310 g/mol. The zero-order valence-corrected chi connectivity index (χ0v) is 15.2. The van der Waals surface area contributed by atoms with Crippen LogP contribution in [-0.4, -0.2) is 44.0 Å². The van der Waals surface area contributed by atoms with Crippen molar-refractivity contribution in [1.29, 1.82) is 0 Å². The minimum Gasteiger partial charge on any atom is -0.369 e. The number of hydrogen-bond donors (Lipinski definition) is 1. The molecular formula is C21H27N3O. The molecule has 4 heteroatoms. The topological polar surface area (TPSA) is 35.6 Å². The second-order valence-electron chi connectivity index (χ2n) is 6.87. The third-order valence-electron chi connectivity index (χ3n) is 4.78. The molecule has 1 amide bonds. The van der Waals surface area contributed by atoms with Gasteiger partial charge in [0, 0.05) is 44.0 Å². The Morgan fingerprint density at radius 2 is 1.60 bits per heavy atom. The molecule has 1 heterocycles. The number of benzene rings is 2. The molecule has 0 aliphatic carbocycles.